The highest BCUT2D eigenvalue weighted by molar-refractivity contribution is 5.50. The van der Waals surface area contributed by atoms with E-state index in [-0.39, 0.29) is 0 Å². The Kier molecular flexibility index (Phi) is 2.49. The second-order valence-corrected chi connectivity index (χ2v) is 6.08. The van der Waals surface area contributed by atoms with Crippen LogP contribution in [0.4, 0.5) is 0 Å². The fraction of sp³-hybridized carbons (Fsp3) is 0.688. The van der Waals surface area contributed by atoms with Crippen molar-refractivity contribution in [2.45, 2.75) is 65.2 Å². The maximum Gasteiger partial charge on any atom is 0.0413 e. The smallest absolute Gasteiger partial charge is 0.0413 e. The highest BCUT2D eigenvalue weighted by Gasteiger charge is 2.37. The third-order valence-electron chi connectivity index (χ3n) is 4.75. The maximum absolute atomic E-state index is 3.77. The van der Waals surface area contributed by atoms with E-state index in [1.165, 1.54) is 51.4 Å². The molecular formula is C16H22. The molecule has 16 heavy (non-hydrogen) atoms. The van der Waals surface area contributed by atoms with Crippen molar-refractivity contribution in [1.82, 2.24) is 0 Å². The Morgan fingerprint density at radius 2 is 1.19 bits per heavy atom. The topological polar surface area (TPSA) is 0 Å². The summed E-state index contributed by atoms with van der Waals surface area (Å²) in [6.07, 6.45) is 14.5. The van der Waals surface area contributed by atoms with Crippen molar-refractivity contribution in [2.24, 2.45) is 5.41 Å². The molecule has 0 amide bonds. The van der Waals surface area contributed by atoms with Crippen LogP contribution in [0.5, 0.6) is 0 Å². The van der Waals surface area contributed by atoms with E-state index in [4.69, 9.17) is 0 Å². The average Bonchev–Trinajstić information content (AvgIpc) is 2.29. The summed E-state index contributed by atoms with van der Waals surface area (Å²) in [6.45, 7) is 4.91. The van der Waals surface area contributed by atoms with Crippen LogP contribution >= 0.6 is 0 Å². The molecule has 0 N–H and O–H groups in total. The van der Waals surface area contributed by atoms with Gasteiger partial charge in [0.25, 0.3) is 0 Å². The quantitative estimate of drug-likeness (QED) is 0.541. The van der Waals surface area contributed by atoms with Gasteiger partial charge in [-0.3, -0.25) is 0 Å². The predicted molar refractivity (Wildman–Crippen MR) is 68.0 cm³/mol. The fourth-order valence-electron chi connectivity index (χ4n) is 3.83. The Morgan fingerprint density at radius 1 is 0.750 bits per heavy atom. The summed E-state index contributed by atoms with van der Waals surface area (Å²) in [7, 11) is 0. The lowest BCUT2D eigenvalue weighted by molar-refractivity contribution is 0.429. The molecule has 0 aromatic rings. The Bertz CT molecular complexity index is 331. The third kappa shape index (κ3) is 1.49. The van der Waals surface area contributed by atoms with Gasteiger partial charge in [-0.15, -0.1) is 0 Å². The monoisotopic (exact) mass is 214 g/mol. The highest BCUT2D eigenvalue weighted by Crippen LogP contribution is 2.52. The van der Waals surface area contributed by atoms with Gasteiger partial charge in [0.1, 0.15) is 0 Å². The molecule has 0 unspecified atom stereocenters. The normalized spacial score (nSPS) is 28.9. The van der Waals surface area contributed by atoms with Gasteiger partial charge in [-0.05, 0) is 51.4 Å². The summed E-state index contributed by atoms with van der Waals surface area (Å²) in [4.78, 5) is 0. The second kappa shape index (κ2) is 3.75. The standard InChI is InChI=1S/C16H22/c1-16(2)14-9-5-3-7-12(14)11-13-8-4-6-10-15(13)16/h3-10H2,1-2H3. The van der Waals surface area contributed by atoms with Gasteiger partial charge >= 0.3 is 0 Å². The summed E-state index contributed by atoms with van der Waals surface area (Å²) in [5, 5.41) is 0. The zero-order valence-corrected chi connectivity index (χ0v) is 10.7. The Labute approximate surface area is 99.8 Å². The van der Waals surface area contributed by atoms with Gasteiger partial charge in [-0.2, -0.15) is 0 Å². The SMILES string of the molecule is CC1(C)C2=C([C]C3=C1CCCC3)CCCC2. The average molecular weight is 214 g/mol. The first-order chi connectivity index (χ1) is 7.69. The molecule has 0 spiro atoms. The molecule has 2 radical (unpaired) electrons. The van der Waals surface area contributed by atoms with Gasteiger partial charge < -0.3 is 0 Å². The Hall–Kier alpha value is -0.520. The molecule has 0 saturated carbocycles. The molecule has 0 heteroatoms. The van der Waals surface area contributed by atoms with Crippen LogP contribution in [0, 0.1) is 11.8 Å². The summed E-state index contributed by atoms with van der Waals surface area (Å²) in [5.74, 6) is 0. The van der Waals surface area contributed by atoms with E-state index in [0.29, 0.717) is 5.41 Å². The van der Waals surface area contributed by atoms with Crippen LogP contribution in [0.1, 0.15) is 65.2 Å². The number of rotatable bonds is 0. The Balaban J connectivity index is 2.02. The molecule has 0 saturated heterocycles. The summed E-state index contributed by atoms with van der Waals surface area (Å²) < 4.78 is 0. The third-order valence-corrected chi connectivity index (χ3v) is 4.75. The van der Waals surface area contributed by atoms with Crippen LogP contribution in [0.25, 0.3) is 0 Å². The van der Waals surface area contributed by atoms with Crippen LogP contribution in [0.2, 0.25) is 0 Å². The summed E-state index contributed by atoms with van der Waals surface area (Å²) >= 11 is 0. The molecule has 3 aliphatic carbocycles. The van der Waals surface area contributed by atoms with Crippen LogP contribution in [-0.2, 0) is 0 Å². The van der Waals surface area contributed by atoms with Crippen LogP contribution in [0.3, 0.4) is 0 Å². The largest absolute Gasteiger partial charge is 0.0603 e. The van der Waals surface area contributed by atoms with Crippen molar-refractivity contribution in [3.63, 3.8) is 0 Å². The molecule has 0 heterocycles. The van der Waals surface area contributed by atoms with Crippen molar-refractivity contribution in [1.29, 1.82) is 0 Å². The predicted octanol–water partition coefficient (Wildman–Crippen LogP) is 4.85. The molecule has 0 fully saturated rings. The first-order valence-corrected chi connectivity index (χ1v) is 6.91. The van der Waals surface area contributed by atoms with Crippen molar-refractivity contribution >= 4 is 0 Å². The Morgan fingerprint density at radius 3 is 1.69 bits per heavy atom. The van der Waals surface area contributed by atoms with Crippen LogP contribution in [0.15, 0.2) is 22.3 Å². The van der Waals surface area contributed by atoms with Gasteiger partial charge in [0.05, 0.1) is 0 Å². The van der Waals surface area contributed by atoms with E-state index < -0.39 is 0 Å². The fourth-order valence-corrected chi connectivity index (χ4v) is 3.83. The van der Waals surface area contributed by atoms with Gasteiger partial charge in [-0.1, -0.05) is 36.1 Å². The molecule has 0 atom stereocenters. The second-order valence-electron chi connectivity index (χ2n) is 6.08. The van der Waals surface area contributed by atoms with E-state index in [1.807, 2.05) is 0 Å². The summed E-state index contributed by atoms with van der Waals surface area (Å²) in [5.41, 5.74) is 6.96. The number of allylic oxidation sites excluding steroid dienone is 4. The molecule has 0 aromatic carbocycles. The maximum atomic E-state index is 3.77. The minimum atomic E-state index is 0.358. The van der Waals surface area contributed by atoms with Gasteiger partial charge in [0, 0.05) is 11.8 Å². The number of hydrogen-bond donors (Lipinski definition) is 0. The molecule has 0 aliphatic heterocycles. The van der Waals surface area contributed by atoms with Crippen LogP contribution < -0.4 is 0 Å². The zero-order valence-electron chi connectivity index (χ0n) is 10.7. The lowest BCUT2D eigenvalue weighted by Crippen LogP contribution is -2.28. The van der Waals surface area contributed by atoms with E-state index >= 15 is 0 Å². The van der Waals surface area contributed by atoms with Gasteiger partial charge in [0.15, 0.2) is 0 Å². The molecular weight excluding hydrogens is 192 g/mol. The highest BCUT2D eigenvalue weighted by atomic mass is 14.4. The molecule has 0 aromatic heterocycles. The van der Waals surface area contributed by atoms with E-state index in [2.05, 4.69) is 20.3 Å². The van der Waals surface area contributed by atoms with Crippen LogP contribution in [-0.4, -0.2) is 0 Å². The molecule has 3 aliphatic rings. The molecule has 86 valence electrons. The van der Waals surface area contributed by atoms with E-state index in [9.17, 15) is 0 Å². The molecule has 0 nitrogen and oxygen atoms in total. The van der Waals surface area contributed by atoms with Gasteiger partial charge in [0.2, 0.25) is 0 Å². The first-order valence-electron chi connectivity index (χ1n) is 6.91. The summed E-state index contributed by atoms with van der Waals surface area (Å²) in [6, 6.07) is 0. The molecule has 3 rings (SSSR count). The minimum absolute atomic E-state index is 0.358. The van der Waals surface area contributed by atoms with Crippen molar-refractivity contribution in [3.8, 4) is 0 Å². The zero-order chi connectivity index (χ0) is 11.2. The van der Waals surface area contributed by atoms with E-state index in [0.717, 1.165) is 0 Å². The van der Waals surface area contributed by atoms with Crippen molar-refractivity contribution in [3.05, 3.63) is 28.7 Å². The first kappa shape index (κ1) is 10.6. The minimum Gasteiger partial charge on any atom is -0.0603 e. The van der Waals surface area contributed by atoms with Crippen molar-refractivity contribution in [2.75, 3.05) is 0 Å². The number of hydrogen-bond acceptors (Lipinski definition) is 0. The molecule has 0 bridgehead atoms. The van der Waals surface area contributed by atoms with E-state index in [1.54, 1.807) is 22.3 Å². The van der Waals surface area contributed by atoms with Gasteiger partial charge in [-0.25, -0.2) is 0 Å². The van der Waals surface area contributed by atoms with Crippen molar-refractivity contribution < 1.29 is 0 Å². The lowest BCUT2D eigenvalue weighted by atomic mass is 9.62. The lowest BCUT2D eigenvalue weighted by Gasteiger charge is -2.43.